The van der Waals surface area contributed by atoms with Crippen LogP contribution in [0.15, 0.2) is 4.99 Å². The molecule has 0 saturated heterocycles. The van der Waals surface area contributed by atoms with Crippen molar-refractivity contribution in [2.45, 2.75) is 66.2 Å². The van der Waals surface area contributed by atoms with Crippen molar-refractivity contribution in [2.75, 3.05) is 13.1 Å². The smallest absolute Gasteiger partial charge is 0.191 e. The first kappa shape index (κ1) is 15.3. The predicted molar refractivity (Wildman–Crippen MR) is 76.7 cm³/mol. The fourth-order valence-electron chi connectivity index (χ4n) is 2.43. The second-order valence-corrected chi connectivity index (χ2v) is 5.91. The molecule has 1 rings (SSSR count). The van der Waals surface area contributed by atoms with Crippen molar-refractivity contribution in [3.8, 4) is 0 Å². The van der Waals surface area contributed by atoms with Gasteiger partial charge in [0.1, 0.15) is 0 Å². The van der Waals surface area contributed by atoms with Crippen LogP contribution < -0.4 is 5.73 Å². The third kappa shape index (κ3) is 3.16. The molecule has 0 bridgehead atoms. The van der Waals surface area contributed by atoms with Crippen LogP contribution in [0.5, 0.6) is 0 Å². The van der Waals surface area contributed by atoms with Gasteiger partial charge in [-0.15, -0.1) is 0 Å². The minimum atomic E-state index is 0.0854. The fourth-order valence-corrected chi connectivity index (χ4v) is 2.43. The van der Waals surface area contributed by atoms with Gasteiger partial charge in [0, 0.05) is 18.5 Å². The summed E-state index contributed by atoms with van der Waals surface area (Å²) in [5.74, 6) is 0.668. The van der Waals surface area contributed by atoms with Crippen LogP contribution in [0.25, 0.3) is 0 Å². The van der Waals surface area contributed by atoms with Crippen molar-refractivity contribution in [3.05, 3.63) is 0 Å². The second-order valence-electron chi connectivity index (χ2n) is 5.91. The van der Waals surface area contributed by atoms with E-state index in [1.165, 1.54) is 0 Å². The van der Waals surface area contributed by atoms with E-state index in [0.717, 1.165) is 19.5 Å². The molecule has 2 atom stereocenters. The maximum Gasteiger partial charge on any atom is 0.191 e. The molecule has 2 unspecified atom stereocenters. The van der Waals surface area contributed by atoms with Gasteiger partial charge in [0.2, 0.25) is 0 Å². The summed E-state index contributed by atoms with van der Waals surface area (Å²) < 4.78 is 5.90. The van der Waals surface area contributed by atoms with Gasteiger partial charge >= 0.3 is 0 Å². The summed E-state index contributed by atoms with van der Waals surface area (Å²) in [5.41, 5.74) is 6.14. The second kappa shape index (κ2) is 5.91. The van der Waals surface area contributed by atoms with Crippen molar-refractivity contribution < 1.29 is 4.74 Å². The first-order chi connectivity index (χ1) is 8.32. The number of aliphatic imine (C=N–C) groups is 1. The Kier molecular flexibility index (Phi) is 5.02. The average Bonchev–Trinajstić information content (AvgIpc) is 2.28. The number of guanidine groups is 1. The molecule has 0 heterocycles. The van der Waals surface area contributed by atoms with Gasteiger partial charge in [-0.2, -0.15) is 0 Å². The van der Waals surface area contributed by atoms with Crippen molar-refractivity contribution in [3.63, 3.8) is 0 Å². The molecule has 0 spiro atoms. The van der Waals surface area contributed by atoms with Crippen molar-refractivity contribution in [1.82, 2.24) is 4.90 Å². The molecule has 0 aliphatic heterocycles. The highest BCUT2D eigenvalue weighted by atomic mass is 16.5. The molecule has 0 aromatic carbocycles. The van der Waals surface area contributed by atoms with E-state index in [1.54, 1.807) is 0 Å². The summed E-state index contributed by atoms with van der Waals surface area (Å²) in [6.07, 6.45) is 1.56. The highest BCUT2D eigenvalue weighted by Gasteiger charge is 2.49. The Balaban J connectivity index is 2.63. The summed E-state index contributed by atoms with van der Waals surface area (Å²) in [5, 5.41) is 0. The maximum atomic E-state index is 6.05. The van der Waals surface area contributed by atoms with Crippen LogP contribution in [-0.2, 0) is 4.74 Å². The molecule has 1 aliphatic rings. The van der Waals surface area contributed by atoms with E-state index < -0.39 is 0 Å². The number of nitrogens with two attached hydrogens (primary N) is 1. The molecule has 0 amide bonds. The lowest BCUT2D eigenvalue weighted by Gasteiger charge is -2.50. The van der Waals surface area contributed by atoms with E-state index in [1.807, 2.05) is 0 Å². The van der Waals surface area contributed by atoms with Crippen LogP contribution in [0.1, 0.15) is 48.0 Å². The van der Waals surface area contributed by atoms with E-state index in [0.29, 0.717) is 12.1 Å². The van der Waals surface area contributed by atoms with Gasteiger partial charge in [0.15, 0.2) is 5.96 Å². The van der Waals surface area contributed by atoms with Crippen LogP contribution in [0.4, 0.5) is 0 Å². The van der Waals surface area contributed by atoms with Crippen LogP contribution in [0, 0.1) is 5.41 Å². The van der Waals surface area contributed by atoms with Gasteiger partial charge in [-0.25, -0.2) is 4.99 Å². The van der Waals surface area contributed by atoms with Gasteiger partial charge in [-0.3, -0.25) is 0 Å². The molecule has 0 radical (unpaired) electrons. The van der Waals surface area contributed by atoms with Crippen LogP contribution in [0.3, 0.4) is 0 Å². The number of hydrogen-bond acceptors (Lipinski definition) is 2. The van der Waals surface area contributed by atoms with Gasteiger partial charge in [0.25, 0.3) is 0 Å². The topological polar surface area (TPSA) is 50.8 Å². The fraction of sp³-hybridized carbons (Fsp3) is 0.929. The summed E-state index contributed by atoms with van der Waals surface area (Å²) in [4.78, 5) is 6.76. The lowest BCUT2D eigenvalue weighted by molar-refractivity contribution is -0.129. The first-order valence-electron chi connectivity index (χ1n) is 7.06. The lowest BCUT2D eigenvalue weighted by atomic mass is 9.64. The van der Waals surface area contributed by atoms with Gasteiger partial charge in [0.05, 0.1) is 18.2 Å². The number of hydrogen-bond donors (Lipinski definition) is 1. The zero-order valence-corrected chi connectivity index (χ0v) is 12.7. The molecule has 1 saturated carbocycles. The third-order valence-corrected chi connectivity index (χ3v) is 3.94. The molecule has 4 heteroatoms. The van der Waals surface area contributed by atoms with Crippen LogP contribution in [-0.4, -0.2) is 42.2 Å². The number of ether oxygens (including phenoxy) is 1. The maximum absolute atomic E-state index is 6.05. The minimum Gasteiger partial charge on any atom is -0.375 e. The average molecular weight is 255 g/mol. The Morgan fingerprint density at radius 2 is 1.94 bits per heavy atom. The zero-order chi connectivity index (χ0) is 13.9. The van der Waals surface area contributed by atoms with Gasteiger partial charge in [-0.05, 0) is 34.1 Å². The lowest BCUT2D eigenvalue weighted by Crippen LogP contribution is -2.55. The number of rotatable bonds is 5. The van der Waals surface area contributed by atoms with E-state index in [-0.39, 0.29) is 17.6 Å². The molecule has 0 aromatic rings. The van der Waals surface area contributed by atoms with Gasteiger partial charge < -0.3 is 15.4 Å². The normalized spacial score (nSPS) is 27.2. The standard InChI is InChI=1S/C14H29N3O/c1-7-17(8-2)13(15)16-11-9-12(14(11,5)6)18-10(3)4/h10-12H,7-9H2,1-6H3,(H2,15,16). The Morgan fingerprint density at radius 3 is 2.33 bits per heavy atom. The molecule has 18 heavy (non-hydrogen) atoms. The largest absolute Gasteiger partial charge is 0.375 e. The Hall–Kier alpha value is -0.770. The van der Waals surface area contributed by atoms with Crippen LogP contribution in [0.2, 0.25) is 0 Å². The Labute approximate surface area is 112 Å². The Bertz CT molecular complexity index is 295. The quantitative estimate of drug-likeness (QED) is 0.605. The molecular weight excluding hydrogens is 226 g/mol. The predicted octanol–water partition coefficient (Wildman–Crippen LogP) is 2.23. The third-order valence-electron chi connectivity index (χ3n) is 3.94. The summed E-state index contributed by atoms with van der Waals surface area (Å²) in [6.45, 7) is 14.6. The molecular formula is C14H29N3O. The van der Waals surface area contributed by atoms with Crippen LogP contribution >= 0.6 is 0 Å². The van der Waals surface area contributed by atoms with E-state index >= 15 is 0 Å². The van der Waals surface area contributed by atoms with Crippen molar-refractivity contribution >= 4 is 5.96 Å². The molecule has 0 aromatic heterocycles. The highest BCUT2D eigenvalue weighted by molar-refractivity contribution is 5.78. The van der Waals surface area contributed by atoms with Gasteiger partial charge in [-0.1, -0.05) is 13.8 Å². The first-order valence-corrected chi connectivity index (χ1v) is 7.06. The number of nitrogens with zero attached hydrogens (tertiary/aromatic N) is 2. The molecule has 106 valence electrons. The zero-order valence-electron chi connectivity index (χ0n) is 12.7. The van der Waals surface area contributed by atoms with Crippen molar-refractivity contribution in [2.24, 2.45) is 16.1 Å². The monoisotopic (exact) mass is 255 g/mol. The summed E-state index contributed by atoms with van der Waals surface area (Å²) in [6, 6.07) is 0.279. The van der Waals surface area contributed by atoms with E-state index in [2.05, 4.69) is 51.4 Å². The van der Waals surface area contributed by atoms with E-state index in [9.17, 15) is 0 Å². The minimum absolute atomic E-state index is 0.0854. The molecule has 1 aliphatic carbocycles. The SMILES string of the molecule is CCN(CC)C(N)=NC1CC(OC(C)C)C1(C)C. The molecule has 1 fully saturated rings. The molecule has 4 nitrogen and oxygen atoms in total. The Morgan fingerprint density at radius 1 is 1.39 bits per heavy atom. The highest BCUT2D eigenvalue weighted by Crippen LogP contribution is 2.45. The summed E-state index contributed by atoms with van der Waals surface area (Å²) in [7, 11) is 0. The van der Waals surface area contributed by atoms with E-state index in [4.69, 9.17) is 10.5 Å². The summed E-state index contributed by atoms with van der Waals surface area (Å²) >= 11 is 0. The molecule has 2 N–H and O–H groups in total. The van der Waals surface area contributed by atoms with Crippen molar-refractivity contribution in [1.29, 1.82) is 0 Å².